The van der Waals surface area contributed by atoms with Crippen molar-refractivity contribution in [3.63, 3.8) is 0 Å². The SMILES string of the molecule is NC(=S)CC1(Cn2ncccc2=O)CC1. The topological polar surface area (TPSA) is 60.9 Å². The number of thiocarbonyl (C=S) groups is 1. The average molecular weight is 223 g/mol. The van der Waals surface area contributed by atoms with Crippen molar-refractivity contribution >= 4 is 17.2 Å². The number of rotatable bonds is 4. The van der Waals surface area contributed by atoms with E-state index in [0.717, 1.165) is 12.8 Å². The molecule has 2 rings (SSSR count). The summed E-state index contributed by atoms with van der Waals surface area (Å²) >= 11 is 4.90. The maximum Gasteiger partial charge on any atom is 0.266 e. The van der Waals surface area contributed by atoms with Crippen molar-refractivity contribution in [2.75, 3.05) is 0 Å². The van der Waals surface area contributed by atoms with Crippen LogP contribution in [0.3, 0.4) is 0 Å². The lowest BCUT2D eigenvalue weighted by molar-refractivity contribution is 0.397. The second kappa shape index (κ2) is 3.73. The first-order valence-electron chi connectivity index (χ1n) is 4.92. The van der Waals surface area contributed by atoms with Gasteiger partial charge >= 0.3 is 0 Å². The molecule has 1 aromatic rings. The van der Waals surface area contributed by atoms with Gasteiger partial charge in [-0.1, -0.05) is 12.2 Å². The van der Waals surface area contributed by atoms with Crippen molar-refractivity contribution in [3.05, 3.63) is 28.7 Å². The molecule has 2 N–H and O–H groups in total. The lowest BCUT2D eigenvalue weighted by Crippen LogP contribution is -2.28. The number of hydrogen-bond donors (Lipinski definition) is 1. The van der Waals surface area contributed by atoms with Gasteiger partial charge in [0.2, 0.25) is 0 Å². The van der Waals surface area contributed by atoms with Crippen LogP contribution in [0.15, 0.2) is 23.1 Å². The molecule has 0 saturated heterocycles. The van der Waals surface area contributed by atoms with Crippen LogP contribution < -0.4 is 11.3 Å². The molecule has 0 radical (unpaired) electrons. The van der Waals surface area contributed by atoms with Crippen molar-refractivity contribution in [2.45, 2.75) is 25.8 Å². The third-order valence-corrected chi connectivity index (χ3v) is 2.92. The zero-order valence-electron chi connectivity index (χ0n) is 8.35. The molecule has 0 spiro atoms. The molecule has 5 heteroatoms. The fourth-order valence-electron chi connectivity index (χ4n) is 1.76. The van der Waals surface area contributed by atoms with Crippen molar-refractivity contribution < 1.29 is 0 Å². The zero-order valence-corrected chi connectivity index (χ0v) is 9.17. The van der Waals surface area contributed by atoms with Crippen molar-refractivity contribution in [3.8, 4) is 0 Å². The predicted molar refractivity (Wildman–Crippen MR) is 61.6 cm³/mol. The van der Waals surface area contributed by atoms with Crippen LogP contribution in [0.25, 0.3) is 0 Å². The molecule has 0 unspecified atom stereocenters. The standard InChI is InChI=1S/C10H13N3OS/c11-8(15)6-10(3-4-10)7-13-9(14)2-1-5-12-13/h1-2,5H,3-4,6-7H2,(H2,11,15). The Morgan fingerprint density at radius 3 is 2.93 bits per heavy atom. The van der Waals surface area contributed by atoms with E-state index in [2.05, 4.69) is 5.10 Å². The van der Waals surface area contributed by atoms with E-state index in [1.807, 2.05) is 0 Å². The van der Waals surface area contributed by atoms with E-state index >= 15 is 0 Å². The van der Waals surface area contributed by atoms with Crippen molar-refractivity contribution in [2.24, 2.45) is 11.1 Å². The summed E-state index contributed by atoms with van der Waals surface area (Å²) in [4.78, 5) is 12.0. The molecule has 1 aromatic heterocycles. The lowest BCUT2D eigenvalue weighted by atomic mass is 10.0. The van der Waals surface area contributed by atoms with Gasteiger partial charge in [-0.15, -0.1) is 0 Å². The Morgan fingerprint density at radius 2 is 2.40 bits per heavy atom. The summed E-state index contributed by atoms with van der Waals surface area (Å²) in [5, 5.41) is 4.03. The molecule has 0 aliphatic heterocycles. The van der Waals surface area contributed by atoms with Gasteiger partial charge in [-0.25, -0.2) is 4.68 Å². The molecule has 1 fully saturated rings. The van der Waals surface area contributed by atoms with Crippen LogP contribution in [0.2, 0.25) is 0 Å². The van der Waals surface area contributed by atoms with Crippen LogP contribution in [0.1, 0.15) is 19.3 Å². The highest BCUT2D eigenvalue weighted by Gasteiger charge is 2.43. The van der Waals surface area contributed by atoms with Crippen LogP contribution in [-0.2, 0) is 6.54 Å². The van der Waals surface area contributed by atoms with E-state index < -0.39 is 0 Å². The number of nitrogens with zero attached hydrogens (tertiary/aromatic N) is 2. The number of hydrogen-bond acceptors (Lipinski definition) is 3. The first kappa shape index (κ1) is 10.3. The van der Waals surface area contributed by atoms with Gasteiger partial charge in [0.25, 0.3) is 5.56 Å². The summed E-state index contributed by atoms with van der Waals surface area (Å²) in [6.45, 7) is 0.629. The van der Waals surface area contributed by atoms with Gasteiger partial charge in [-0.2, -0.15) is 5.10 Å². The minimum atomic E-state index is -0.0632. The van der Waals surface area contributed by atoms with E-state index in [9.17, 15) is 4.79 Å². The molecule has 0 atom stereocenters. The van der Waals surface area contributed by atoms with E-state index in [4.69, 9.17) is 18.0 Å². The molecule has 0 aromatic carbocycles. The maximum atomic E-state index is 11.4. The molecular weight excluding hydrogens is 210 g/mol. The Hall–Kier alpha value is -1.23. The quantitative estimate of drug-likeness (QED) is 0.763. The Bertz CT molecular complexity index is 436. The Labute approximate surface area is 93.1 Å². The van der Waals surface area contributed by atoms with Crippen LogP contribution in [0, 0.1) is 5.41 Å². The van der Waals surface area contributed by atoms with Crippen LogP contribution in [0.5, 0.6) is 0 Å². The largest absolute Gasteiger partial charge is 0.393 e. The number of nitrogens with two attached hydrogens (primary N) is 1. The Balaban J connectivity index is 2.12. The molecule has 1 aliphatic carbocycles. The van der Waals surface area contributed by atoms with Gasteiger partial charge in [0, 0.05) is 18.7 Å². The van der Waals surface area contributed by atoms with Crippen molar-refractivity contribution in [1.82, 2.24) is 9.78 Å². The zero-order chi connectivity index (χ0) is 10.9. The molecule has 80 valence electrons. The maximum absolute atomic E-state index is 11.4. The summed E-state index contributed by atoms with van der Waals surface area (Å²) in [5.41, 5.74) is 5.57. The van der Waals surface area contributed by atoms with Gasteiger partial charge in [-0.05, 0) is 24.3 Å². The van der Waals surface area contributed by atoms with Gasteiger partial charge in [0.15, 0.2) is 0 Å². The summed E-state index contributed by atoms with van der Waals surface area (Å²) in [6, 6.07) is 3.16. The first-order valence-corrected chi connectivity index (χ1v) is 5.33. The molecule has 0 amide bonds. The fraction of sp³-hybridized carbons (Fsp3) is 0.500. The van der Waals surface area contributed by atoms with Crippen molar-refractivity contribution in [1.29, 1.82) is 0 Å². The summed E-state index contributed by atoms with van der Waals surface area (Å²) in [5.74, 6) is 0. The van der Waals surface area contributed by atoms with Crippen LogP contribution >= 0.6 is 12.2 Å². The molecular formula is C10H13N3OS. The molecule has 4 nitrogen and oxygen atoms in total. The third kappa shape index (κ3) is 2.41. The van der Waals surface area contributed by atoms with E-state index in [1.54, 1.807) is 12.3 Å². The van der Waals surface area contributed by atoms with Gasteiger partial charge in [0.1, 0.15) is 0 Å². The van der Waals surface area contributed by atoms with Crippen LogP contribution in [0.4, 0.5) is 0 Å². The van der Waals surface area contributed by atoms with E-state index in [-0.39, 0.29) is 11.0 Å². The molecule has 1 heterocycles. The smallest absolute Gasteiger partial charge is 0.266 e. The summed E-state index contributed by atoms with van der Waals surface area (Å²) < 4.78 is 1.49. The highest BCUT2D eigenvalue weighted by atomic mass is 32.1. The lowest BCUT2D eigenvalue weighted by Gasteiger charge is -2.14. The minimum absolute atomic E-state index is 0.0632. The molecule has 15 heavy (non-hydrogen) atoms. The third-order valence-electron chi connectivity index (χ3n) is 2.78. The first-order chi connectivity index (χ1) is 7.11. The summed E-state index contributed by atoms with van der Waals surface area (Å²) in [6.07, 6.45) is 4.49. The number of aromatic nitrogens is 2. The van der Waals surface area contributed by atoms with E-state index in [0.29, 0.717) is 18.0 Å². The van der Waals surface area contributed by atoms with Gasteiger partial charge in [0.05, 0.1) is 11.5 Å². The molecule has 1 saturated carbocycles. The minimum Gasteiger partial charge on any atom is -0.393 e. The highest BCUT2D eigenvalue weighted by molar-refractivity contribution is 7.80. The van der Waals surface area contributed by atoms with Gasteiger partial charge < -0.3 is 5.73 Å². The monoisotopic (exact) mass is 223 g/mol. The second-order valence-corrected chi connectivity index (χ2v) is 4.69. The second-order valence-electron chi connectivity index (χ2n) is 4.16. The molecule has 1 aliphatic rings. The normalized spacial score (nSPS) is 17.3. The Morgan fingerprint density at radius 1 is 1.67 bits per heavy atom. The summed E-state index contributed by atoms with van der Waals surface area (Å²) in [7, 11) is 0. The highest BCUT2D eigenvalue weighted by Crippen LogP contribution is 2.49. The van der Waals surface area contributed by atoms with E-state index in [1.165, 1.54) is 10.7 Å². The Kier molecular flexibility index (Phi) is 2.56. The molecule has 0 bridgehead atoms. The van der Waals surface area contributed by atoms with Crippen LogP contribution in [-0.4, -0.2) is 14.8 Å². The average Bonchev–Trinajstić information content (AvgIpc) is 2.88. The predicted octanol–water partition coefficient (Wildman–Crippen LogP) is 0.700. The fourth-order valence-corrected chi connectivity index (χ4v) is 2.07. The van der Waals surface area contributed by atoms with Gasteiger partial charge in [-0.3, -0.25) is 4.79 Å².